The zero-order chi connectivity index (χ0) is 15.3. The minimum atomic E-state index is -0.549. The molecular weight excluding hydrogens is 284 g/mol. The maximum absolute atomic E-state index is 12.1. The lowest BCUT2D eigenvalue weighted by atomic mass is 10.2. The van der Waals surface area contributed by atoms with Crippen LogP contribution in [0, 0.1) is 10.1 Å². The van der Waals surface area contributed by atoms with Gasteiger partial charge in [-0.3, -0.25) is 10.1 Å². The van der Waals surface area contributed by atoms with Crippen LogP contribution in [0.15, 0.2) is 18.2 Å². The molecule has 0 saturated heterocycles. The molecule has 2 amide bonds. The number of hydrogen-bond acceptors (Lipinski definition) is 4. The molecule has 0 radical (unpaired) electrons. The third-order valence-corrected chi connectivity index (χ3v) is 2.97. The zero-order valence-electron chi connectivity index (χ0n) is 11.3. The molecule has 0 aliphatic rings. The number of carbonyl (C=O) groups is 1. The molecule has 8 heteroatoms. The topological polar surface area (TPSA) is 102 Å². The zero-order valence-corrected chi connectivity index (χ0v) is 12.1. The summed E-state index contributed by atoms with van der Waals surface area (Å²) >= 11 is 5.92. The Morgan fingerprint density at radius 3 is 2.65 bits per heavy atom. The maximum Gasteiger partial charge on any atom is 0.322 e. The lowest BCUT2D eigenvalue weighted by molar-refractivity contribution is -0.384. The number of anilines is 1. The average molecular weight is 301 g/mol. The molecule has 0 atom stereocenters. The molecule has 20 heavy (non-hydrogen) atoms. The monoisotopic (exact) mass is 300 g/mol. The molecule has 0 saturated carbocycles. The van der Waals surface area contributed by atoms with Gasteiger partial charge in [-0.15, -0.1) is 0 Å². The molecule has 0 heterocycles. The number of amides is 2. The number of carbonyl (C=O) groups excluding carboxylic acids is 1. The highest BCUT2D eigenvalue weighted by Gasteiger charge is 2.18. The molecule has 0 bridgehead atoms. The summed E-state index contributed by atoms with van der Waals surface area (Å²) in [6.07, 6.45) is 0. The van der Waals surface area contributed by atoms with Crippen LogP contribution in [0.3, 0.4) is 0 Å². The van der Waals surface area contributed by atoms with E-state index in [2.05, 4.69) is 5.32 Å². The van der Waals surface area contributed by atoms with Crippen molar-refractivity contribution in [3.05, 3.63) is 33.3 Å². The van der Waals surface area contributed by atoms with E-state index in [0.29, 0.717) is 18.8 Å². The summed E-state index contributed by atoms with van der Waals surface area (Å²) in [4.78, 5) is 23.7. The number of non-ortho nitro benzene ring substituents is 1. The van der Waals surface area contributed by atoms with Crippen molar-refractivity contribution in [3.8, 4) is 0 Å². The number of urea groups is 1. The molecule has 1 rings (SSSR count). The van der Waals surface area contributed by atoms with Gasteiger partial charge in [0.25, 0.3) is 5.69 Å². The largest absolute Gasteiger partial charge is 0.329 e. The first-order chi connectivity index (χ1) is 9.36. The Morgan fingerprint density at radius 1 is 1.55 bits per heavy atom. The van der Waals surface area contributed by atoms with Gasteiger partial charge in [-0.25, -0.2) is 4.79 Å². The van der Waals surface area contributed by atoms with E-state index >= 15 is 0 Å². The summed E-state index contributed by atoms with van der Waals surface area (Å²) in [7, 11) is 0. The van der Waals surface area contributed by atoms with E-state index in [9.17, 15) is 14.9 Å². The predicted molar refractivity (Wildman–Crippen MR) is 78.0 cm³/mol. The standard InChI is InChI=1S/C12H17ClN4O3/c1-8(2)16(6-5-14)12(18)15-11-4-3-9(17(19)20)7-10(11)13/h3-4,7-8H,5-6,14H2,1-2H3,(H,15,18). The van der Waals surface area contributed by atoms with Crippen molar-refractivity contribution < 1.29 is 9.72 Å². The van der Waals surface area contributed by atoms with Gasteiger partial charge in [0.05, 0.1) is 15.6 Å². The van der Waals surface area contributed by atoms with Crippen molar-refractivity contribution in [2.45, 2.75) is 19.9 Å². The normalized spacial score (nSPS) is 10.4. The van der Waals surface area contributed by atoms with E-state index in [4.69, 9.17) is 17.3 Å². The smallest absolute Gasteiger partial charge is 0.322 e. The van der Waals surface area contributed by atoms with Crippen molar-refractivity contribution in [1.29, 1.82) is 0 Å². The summed E-state index contributed by atoms with van der Waals surface area (Å²) in [6, 6.07) is 3.51. The van der Waals surface area contributed by atoms with E-state index in [-0.39, 0.29) is 22.8 Å². The molecule has 0 aliphatic carbocycles. The van der Waals surface area contributed by atoms with Gasteiger partial charge in [0.1, 0.15) is 0 Å². The van der Waals surface area contributed by atoms with Crippen LogP contribution in [-0.4, -0.2) is 35.0 Å². The van der Waals surface area contributed by atoms with Gasteiger partial charge in [0, 0.05) is 31.3 Å². The third-order valence-electron chi connectivity index (χ3n) is 2.66. The number of nitrogens with two attached hydrogens (primary N) is 1. The lowest BCUT2D eigenvalue weighted by Crippen LogP contribution is -2.42. The molecule has 1 aromatic carbocycles. The molecule has 0 unspecified atom stereocenters. The molecule has 1 aromatic rings. The number of rotatable bonds is 5. The number of nitro benzene ring substituents is 1. The van der Waals surface area contributed by atoms with E-state index in [0.717, 1.165) is 0 Å². The van der Waals surface area contributed by atoms with Crippen molar-refractivity contribution in [1.82, 2.24) is 4.90 Å². The van der Waals surface area contributed by atoms with E-state index < -0.39 is 4.92 Å². The van der Waals surface area contributed by atoms with Crippen LogP contribution in [0.2, 0.25) is 5.02 Å². The Bertz CT molecular complexity index is 507. The first kappa shape index (κ1) is 16.2. The second kappa shape index (κ2) is 7.06. The number of hydrogen-bond donors (Lipinski definition) is 2. The highest BCUT2D eigenvalue weighted by Crippen LogP contribution is 2.26. The number of nitrogens with zero attached hydrogens (tertiary/aromatic N) is 2. The van der Waals surface area contributed by atoms with Crippen molar-refractivity contribution in [2.75, 3.05) is 18.4 Å². The lowest BCUT2D eigenvalue weighted by Gasteiger charge is -2.26. The summed E-state index contributed by atoms with van der Waals surface area (Å²) in [5.41, 5.74) is 5.65. The molecule has 0 spiro atoms. The Labute approximate surface area is 121 Å². The second-order valence-electron chi connectivity index (χ2n) is 4.43. The fourth-order valence-electron chi connectivity index (χ4n) is 1.64. The summed E-state index contributed by atoms with van der Waals surface area (Å²) in [5.74, 6) is 0. The highest BCUT2D eigenvalue weighted by atomic mass is 35.5. The summed E-state index contributed by atoms with van der Waals surface area (Å²) in [5, 5.41) is 13.3. The average Bonchev–Trinajstić information content (AvgIpc) is 2.37. The second-order valence-corrected chi connectivity index (χ2v) is 4.83. The van der Waals surface area contributed by atoms with Gasteiger partial charge >= 0.3 is 6.03 Å². The van der Waals surface area contributed by atoms with Crippen LogP contribution >= 0.6 is 11.6 Å². The molecule has 3 N–H and O–H groups in total. The fourth-order valence-corrected chi connectivity index (χ4v) is 1.86. The SMILES string of the molecule is CC(C)N(CCN)C(=O)Nc1ccc([N+](=O)[O-])cc1Cl. The summed E-state index contributed by atoms with van der Waals surface area (Å²) < 4.78 is 0. The van der Waals surface area contributed by atoms with Crippen LogP contribution in [0.25, 0.3) is 0 Å². The van der Waals surface area contributed by atoms with Gasteiger partial charge in [-0.2, -0.15) is 0 Å². The predicted octanol–water partition coefficient (Wildman–Crippen LogP) is 2.45. The van der Waals surface area contributed by atoms with E-state index in [1.807, 2.05) is 13.8 Å². The first-order valence-corrected chi connectivity index (χ1v) is 6.46. The first-order valence-electron chi connectivity index (χ1n) is 6.08. The Hall–Kier alpha value is -1.86. The molecule has 110 valence electrons. The molecule has 0 fully saturated rings. The van der Waals surface area contributed by atoms with Crippen molar-refractivity contribution >= 4 is 29.0 Å². The third kappa shape index (κ3) is 4.07. The van der Waals surface area contributed by atoms with E-state index in [1.54, 1.807) is 4.90 Å². The quantitative estimate of drug-likeness (QED) is 0.644. The van der Waals surface area contributed by atoms with Crippen molar-refractivity contribution in [3.63, 3.8) is 0 Å². The number of halogens is 1. The molecule has 0 aromatic heterocycles. The van der Waals surface area contributed by atoms with Gasteiger partial charge in [-0.05, 0) is 19.9 Å². The van der Waals surface area contributed by atoms with Gasteiger partial charge < -0.3 is 16.0 Å². The van der Waals surface area contributed by atoms with Gasteiger partial charge in [0.15, 0.2) is 0 Å². The van der Waals surface area contributed by atoms with Crippen LogP contribution in [-0.2, 0) is 0 Å². The minimum Gasteiger partial charge on any atom is -0.329 e. The van der Waals surface area contributed by atoms with Crippen LogP contribution in [0.4, 0.5) is 16.2 Å². The fraction of sp³-hybridized carbons (Fsp3) is 0.417. The Morgan fingerprint density at radius 2 is 2.20 bits per heavy atom. The maximum atomic E-state index is 12.1. The molecule has 0 aliphatic heterocycles. The number of nitro groups is 1. The van der Waals surface area contributed by atoms with Crippen LogP contribution < -0.4 is 11.1 Å². The number of benzene rings is 1. The Balaban J connectivity index is 2.87. The van der Waals surface area contributed by atoms with E-state index in [1.165, 1.54) is 18.2 Å². The summed E-state index contributed by atoms with van der Waals surface area (Å²) in [6.45, 7) is 4.49. The molecule has 7 nitrogen and oxygen atoms in total. The van der Waals surface area contributed by atoms with Gasteiger partial charge in [-0.1, -0.05) is 11.6 Å². The van der Waals surface area contributed by atoms with Gasteiger partial charge in [0.2, 0.25) is 0 Å². The number of nitrogens with one attached hydrogen (secondary N) is 1. The Kier molecular flexibility index (Phi) is 5.72. The highest BCUT2D eigenvalue weighted by molar-refractivity contribution is 6.33. The van der Waals surface area contributed by atoms with Crippen LogP contribution in [0.5, 0.6) is 0 Å². The molecular formula is C12H17ClN4O3. The van der Waals surface area contributed by atoms with Crippen LogP contribution in [0.1, 0.15) is 13.8 Å². The minimum absolute atomic E-state index is 0.0182. The van der Waals surface area contributed by atoms with Crippen molar-refractivity contribution in [2.24, 2.45) is 5.73 Å².